The smallest absolute Gasteiger partial charge is 0.240 e. The molecule has 1 aliphatic rings. The largest absolute Gasteiger partial charge is 0.360 e. The van der Waals surface area contributed by atoms with Crippen LogP contribution in [0.1, 0.15) is 32.6 Å². The Labute approximate surface area is 157 Å². The van der Waals surface area contributed by atoms with Crippen LogP contribution in [0, 0.1) is 0 Å². The van der Waals surface area contributed by atoms with E-state index in [1.54, 1.807) is 0 Å². The van der Waals surface area contributed by atoms with Crippen LogP contribution in [-0.4, -0.2) is 39.9 Å². The van der Waals surface area contributed by atoms with E-state index in [-0.39, 0.29) is 5.91 Å². The number of aromatic nitrogens is 2. The Balaban J connectivity index is 1.44. The van der Waals surface area contributed by atoms with E-state index in [1.807, 2.05) is 23.7 Å². The molecular formula is C20H24N4OS. The molecular weight excluding hydrogens is 344 g/mol. The van der Waals surface area contributed by atoms with Crippen LogP contribution in [0.25, 0.3) is 22.2 Å². The van der Waals surface area contributed by atoms with Gasteiger partial charge in [0.2, 0.25) is 5.91 Å². The molecule has 0 bridgehead atoms. The highest BCUT2D eigenvalue weighted by Crippen LogP contribution is 2.31. The van der Waals surface area contributed by atoms with Crippen LogP contribution in [-0.2, 0) is 4.79 Å². The fraction of sp³-hybridized carbons (Fsp3) is 0.400. The number of likely N-dealkylation sites (tertiary alicyclic amines) is 1. The number of para-hydroxylation sites is 1. The number of rotatable bonds is 5. The van der Waals surface area contributed by atoms with Crippen molar-refractivity contribution in [2.45, 2.75) is 38.6 Å². The van der Waals surface area contributed by atoms with E-state index in [1.165, 1.54) is 30.6 Å². The maximum atomic E-state index is 12.5. The van der Waals surface area contributed by atoms with Crippen LogP contribution in [0.3, 0.4) is 0 Å². The Bertz CT molecular complexity index is 900. The van der Waals surface area contributed by atoms with Crippen LogP contribution in [0.2, 0.25) is 0 Å². The molecule has 1 aromatic carbocycles. The molecule has 1 atom stereocenters. The molecule has 4 rings (SSSR count). The van der Waals surface area contributed by atoms with Gasteiger partial charge in [0.15, 0.2) is 5.13 Å². The number of fused-ring (bicyclic) bond motifs is 1. The predicted molar refractivity (Wildman–Crippen MR) is 108 cm³/mol. The summed E-state index contributed by atoms with van der Waals surface area (Å²) >= 11 is 1.48. The number of amides is 1. The normalized spacial score (nSPS) is 18.3. The summed E-state index contributed by atoms with van der Waals surface area (Å²) in [5, 5.41) is 6.80. The molecule has 1 amide bonds. The fourth-order valence-corrected chi connectivity index (χ4v) is 4.54. The Morgan fingerprint density at radius 1 is 1.38 bits per heavy atom. The molecule has 1 aliphatic heterocycles. The number of hydrogen-bond donors (Lipinski definition) is 2. The zero-order valence-corrected chi connectivity index (χ0v) is 15.8. The summed E-state index contributed by atoms with van der Waals surface area (Å²) in [5.74, 6) is 0.0326. The van der Waals surface area contributed by atoms with E-state index < -0.39 is 0 Å². The summed E-state index contributed by atoms with van der Waals surface area (Å²) in [6, 6.07) is 8.71. The highest BCUT2D eigenvalue weighted by molar-refractivity contribution is 7.14. The minimum atomic E-state index is 0.0326. The minimum Gasteiger partial charge on any atom is -0.360 e. The summed E-state index contributed by atoms with van der Waals surface area (Å²) in [6.07, 6.45) is 6.74. The van der Waals surface area contributed by atoms with E-state index in [0.717, 1.165) is 35.1 Å². The molecule has 0 saturated carbocycles. The number of anilines is 1. The number of thiazole rings is 1. The van der Waals surface area contributed by atoms with Crippen molar-refractivity contribution in [3.8, 4) is 11.3 Å². The first-order valence-electron chi connectivity index (χ1n) is 9.30. The van der Waals surface area contributed by atoms with E-state index in [4.69, 9.17) is 0 Å². The molecule has 2 N–H and O–H groups in total. The van der Waals surface area contributed by atoms with Crippen LogP contribution in [0.4, 0.5) is 5.13 Å². The maximum Gasteiger partial charge on any atom is 0.240 e. The molecule has 136 valence electrons. The second-order valence-corrected chi connectivity index (χ2v) is 7.72. The average molecular weight is 369 g/mol. The molecule has 1 unspecified atom stereocenters. The van der Waals surface area contributed by atoms with Crippen LogP contribution < -0.4 is 5.32 Å². The number of carbonyl (C=O) groups excluding carboxylic acids is 1. The Morgan fingerprint density at radius 3 is 3.15 bits per heavy atom. The van der Waals surface area contributed by atoms with Gasteiger partial charge in [-0.05, 0) is 31.9 Å². The topological polar surface area (TPSA) is 61.0 Å². The van der Waals surface area contributed by atoms with Crippen molar-refractivity contribution in [3.63, 3.8) is 0 Å². The first kappa shape index (κ1) is 17.2. The lowest BCUT2D eigenvalue weighted by molar-refractivity contribution is -0.118. The molecule has 1 saturated heterocycles. The van der Waals surface area contributed by atoms with Crippen molar-refractivity contribution >= 4 is 33.3 Å². The Morgan fingerprint density at radius 2 is 2.27 bits per heavy atom. The third kappa shape index (κ3) is 3.52. The van der Waals surface area contributed by atoms with Gasteiger partial charge >= 0.3 is 0 Å². The summed E-state index contributed by atoms with van der Waals surface area (Å²) in [6.45, 7) is 3.68. The number of piperidine rings is 1. The number of nitrogens with zero attached hydrogens (tertiary/aromatic N) is 2. The lowest BCUT2D eigenvalue weighted by Gasteiger charge is -2.34. The van der Waals surface area contributed by atoms with E-state index >= 15 is 0 Å². The first-order chi connectivity index (χ1) is 12.7. The van der Waals surface area contributed by atoms with E-state index in [9.17, 15) is 4.79 Å². The van der Waals surface area contributed by atoms with Gasteiger partial charge in [-0.1, -0.05) is 31.5 Å². The van der Waals surface area contributed by atoms with Gasteiger partial charge in [0.05, 0.1) is 12.2 Å². The summed E-state index contributed by atoms with van der Waals surface area (Å²) in [5.41, 5.74) is 3.06. The predicted octanol–water partition coefficient (Wildman–Crippen LogP) is 4.49. The van der Waals surface area contributed by atoms with Gasteiger partial charge < -0.3 is 10.3 Å². The highest BCUT2D eigenvalue weighted by atomic mass is 32.1. The number of carbonyl (C=O) groups is 1. The molecule has 3 heterocycles. The molecule has 1 fully saturated rings. The lowest BCUT2D eigenvalue weighted by atomic mass is 10.0. The molecule has 26 heavy (non-hydrogen) atoms. The number of aromatic amines is 1. The van der Waals surface area contributed by atoms with Gasteiger partial charge in [-0.2, -0.15) is 0 Å². The number of hydrogen-bond acceptors (Lipinski definition) is 4. The third-order valence-corrected chi connectivity index (χ3v) is 5.94. The van der Waals surface area contributed by atoms with Gasteiger partial charge in [0.1, 0.15) is 0 Å². The van der Waals surface area contributed by atoms with Gasteiger partial charge in [-0.3, -0.25) is 9.69 Å². The van der Waals surface area contributed by atoms with Gasteiger partial charge in [-0.15, -0.1) is 11.3 Å². The Hall–Kier alpha value is -2.18. The van der Waals surface area contributed by atoms with Crippen LogP contribution in [0.5, 0.6) is 0 Å². The standard InChI is InChI=1S/C20H24N4OS/c1-2-14-7-5-6-10-24(14)12-19(25)23-20-22-18(13-26-20)16-11-21-17-9-4-3-8-15(16)17/h3-4,8-9,11,13-14,21H,2,5-7,10,12H2,1H3,(H,22,23,25). The van der Waals surface area contributed by atoms with Crippen molar-refractivity contribution in [2.75, 3.05) is 18.4 Å². The average Bonchev–Trinajstić information content (AvgIpc) is 3.28. The van der Waals surface area contributed by atoms with Crippen LogP contribution in [0.15, 0.2) is 35.8 Å². The second kappa shape index (κ2) is 7.60. The SMILES string of the molecule is CCC1CCCCN1CC(=O)Nc1nc(-c2c[nH]c3ccccc23)cs1. The molecule has 6 heteroatoms. The lowest BCUT2D eigenvalue weighted by Crippen LogP contribution is -2.43. The zero-order chi connectivity index (χ0) is 17.9. The zero-order valence-electron chi connectivity index (χ0n) is 15.0. The van der Waals surface area contributed by atoms with Crippen molar-refractivity contribution < 1.29 is 4.79 Å². The summed E-state index contributed by atoms with van der Waals surface area (Å²) in [7, 11) is 0. The van der Waals surface area contributed by atoms with Crippen molar-refractivity contribution in [2.24, 2.45) is 0 Å². The van der Waals surface area contributed by atoms with Crippen molar-refractivity contribution in [3.05, 3.63) is 35.8 Å². The maximum absolute atomic E-state index is 12.5. The Kier molecular flexibility index (Phi) is 5.04. The molecule has 0 spiro atoms. The molecule has 0 aliphatic carbocycles. The second-order valence-electron chi connectivity index (χ2n) is 6.86. The number of nitrogens with one attached hydrogen (secondary N) is 2. The van der Waals surface area contributed by atoms with Gasteiger partial charge in [0.25, 0.3) is 0 Å². The summed E-state index contributed by atoms with van der Waals surface area (Å²) < 4.78 is 0. The molecule has 0 radical (unpaired) electrons. The minimum absolute atomic E-state index is 0.0326. The molecule has 5 nitrogen and oxygen atoms in total. The first-order valence-corrected chi connectivity index (χ1v) is 10.2. The number of benzene rings is 1. The number of H-pyrrole nitrogens is 1. The van der Waals surface area contributed by atoms with Gasteiger partial charge in [0, 0.05) is 34.1 Å². The summed E-state index contributed by atoms with van der Waals surface area (Å²) in [4.78, 5) is 22.7. The highest BCUT2D eigenvalue weighted by Gasteiger charge is 2.23. The monoisotopic (exact) mass is 368 g/mol. The quantitative estimate of drug-likeness (QED) is 0.697. The fourth-order valence-electron chi connectivity index (χ4n) is 3.81. The third-order valence-electron chi connectivity index (χ3n) is 5.18. The molecule has 2 aromatic heterocycles. The van der Waals surface area contributed by atoms with Crippen LogP contribution >= 0.6 is 11.3 Å². The van der Waals surface area contributed by atoms with Gasteiger partial charge in [-0.25, -0.2) is 4.98 Å². The van der Waals surface area contributed by atoms with Crippen molar-refractivity contribution in [1.29, 1.82) is 0 Å². The van der Waals surface area contributed by atoms with Crippen molar-refractivity contribution in [1.82, 2.24) is 14.9 Å². The van der Waals surface area contributed by atoms with E-state index in [0.29, 0.717) is 17.7 Å². The van der Waals surface area contributed by atoms with E-state index in [2.05, 4.69) is 39.2 Å². The molecule has 3 aromatic rings.